The summed E-state index contributed by atoms with van der Waals surface area (Å²) in [4.78, 5) is 20.9. The van der Waals surface area contributed by atoms with Gasteiger partial charge in [-0.2, -0.15) is 4.98 Å². The number of hydrogen-bond acceptors (Lipinski definition) is 5. The van der Waals surface area contributed by atoms with Crippen molar-refractivity contribution in [3.63, 3.8) is 0 Å². The number of aryl methyl sites for hydroxylation is 1. The van der Waals surface area contributed by atoms with Gasteiger partial charge in [-0.05, 0) is 6.92 Å². The Labute approximate surface area is 92.9 Å². The highest BCUT2D eigenvalue weighted by Gasteiger charge is 2.34. The first kappa shape index (κ1) is 10.7. The molecule has 2 heterocycles. The molecular weight excluding hydrogens is 210 g/mol. The molecule has 1 saturated heterocycles. The summed E-state index contributed by atoms with van der Waals surface area (Å²) in [6.07, 6.45) is 0. The zero-order chi connectivity index (χ0) is 11.7. The number of hydrogen-bond donors (Lipinski definition) is 1. The molecule has 1 aliphatic rings. The van der Waals surface area contributed by atoms with Crippen molar-refractivity contribution in [3.05, 3.63) is 11.8 Å². The molecule has 86 valence electrons. The minimum absolute atomic E-state index is 0.310. The molecular formula is C10H13N3O3. The third-order valence-corrected chi connectivity index (χ3v) is 2.54. The SMILES string of the molecule is COc1cc(C)nc(N2CC(C(=O)O)C2)n1. The van der Waals surface area contributed by atoms with Crippen LogP contribution in [0.4, 0.5) is 5.95 Å². The summed E-state index contributed by atoms with van der Waals surface area (Å²) in [5, 5.41) is 8.76. The molecule has 6 nitrogen and oxygen atoms in total. The minimum atomic E-state index is -0.768. The van der Waals surface area contributed by atoms with E-state index in [0.29, 0.717) is 24.9 Å². The summed E-state index contributed by atoms with van der Waals surface area (Å²) in [6, 6.07) is 1.73. The number of nitrogens with zero attached hydrogens (tertiary/aromatic N) is 3. The highest BCUT2D eigenvalue weighted by atomic mass is 16.5. The fourth-order valence-corrected chi connectivity index (χ4v) is 1.57. The number of carboxylic acids is 1. The van der Waals surface area contributed by atoms with Crippen LogP contribution >= 0.6 is 0 Å². The Morgan fingerprint density at radius 2 is 2.25 bits per heavy atom. The van der Waals surface area contributed by atoms with Crippen LogP contribution in [0, 0.1) is 12.8 Å². The summed E-state index contributed by atoms with van der Waals surface area (Å²) >= 11 is 0. The van der Waals surface area contributed by atoms with Gasteiger partial charge in [-0.1, -0.05) is 0 Å². The van der Waals surface area contributed by atoms with E-state index in [2.05, 4.69) is 9.97 Å². The molecule has 0 atom stereocenters. The van der Waals surface area contributed by atoms with Crippen molar-refractivity contribution in [2.45, 2.75) is 6.92 Å². The van der Waals surface area contributed by atoms with E-state index in [0.717, 1.165) is 5.69 Å². The lowest BCUT2D eigenvalue weighted by molar-refractivity contribution is -0.142. The van der Waals surface area contributed by atoms with Crippen molar-refractivity contribution in [2.75, 3.05) is 25.1 Å². The second kappa shape index (κ2) is 3.96. The van der Waals surface area contributed by atoms with Crippen molar-refractivity contribution in [2.24, 2.45) is 5.92 Å². The Balaban J connectivity index is 2.11. The lowest BCUT2D eigenvalue weighted by atomic mass is 10.0. The van der Waals surface area contributed by atoms with E-state index in [1.54, 1.807) is 13.2 Å². The number of anilines is 1. The van der Waals surface area contributed by atoms with Crippen molar-refractivity contribution in [1.29, 1.82) is 0 Å². The molecule has 1 aromatic heterocycles. The molecule has 16 heavy (non-hydrogen) atoms. The summed E-state index contributed by atoms with van der Waals surface area (Å²) in [5.74, 6) is -0.0402. The summed E-state index contributed by atoms with van der Waals surface area (Å²) in [7, 11) is 1.54. The van der Waals surface area contributed by atoms with Crippen molar-refractivity contribution >= 4 is 11.9 Å². The first-order chi connectivity index (χ1) is 7.60. The van der Waals surface area contributed by atoms with Crippen LogP contribution in [0.2, 0.25) is 0 Å². The van der Waals surface area contributed by atoms with Crippen LogP contribution in [-0.2, 0) is 4.79 Å². The zero-order valence-corrected chi connectivity index (χ0v) is 9.17. The van der Waals surface area contributed by atoms with E-state index in [4.69, 9.17) is 9.84 Å². The van der Waals surface area contributed by atoms with Crippen LogP contribution in [-0.4, -0.2) is 41.2 Å². The average molecular weight is 223 g/mol. The summed E-state index contributed by atoms with van der Waals surface area (Å²) < 4.78 is 5.03. The minimum Gasteiger partial charge on any atom is -0.481 e. The van der Waals surface area contributed by atoms with Crippen molar-refractivity contribution in [3.8, 4) is 5.88 Å². The third-order valence-electron chi connectivity index (χ3n) is 2.54. The number of carboxylic acid groups (broad SMARTS) is 1. The van der Waals surface area contributed by atoms with Gasteiger partial charge in [0.2, 0.25) is 11.8 Å². The highest BCUT2D eigenvalue weighted by Crippen LogP contribution is 2.23. The van der Waals surface area contributed by atoms with Crippen LogP contribution in [0.25, 0.3) is 0 Å². The van der Waals surface area contributed by atoms with Crippen LogP contribution in [0.5, 0.6) is 5.88 Å². The fraction of sp³-hybridized carbons (Fsp3) is 0.500. The second-order valence-corrected chi connectivity index (χ2v) is 3.79. The van der Waals surface area contributed by atoms with Gasteiger partial charge in [0.15, 0.2) is 0 Å². The van der Waals surface area contributed by atoms with E-state index in [1.165, 1.54) is 0 Å². The van der Waals surface area contributed by atoms with Crippen molar-refractivity contribution in [1.82, 2.24) is 9.97 Å². The summed E-state index contributed by atoms with van der Waals surface area (Å²) in [6.45, 7) is 2.77. The quantitative estimate of drug-likeness (QED) is 0.795. The number of ether oxygens (including phenoxy) is 1. The number of rotatable bonds is 3. The largest absolute Gasteiger partial charge is 0.481 e. The molecule has 0 saturated carbocycles. The molecule has 0 aromatic carbocycles. The lowest BCUT2D eigenvalue weighted by Crippen LogP contribution is -2.51. The number of aliphatic carboxylic acids is 1. The van der Waals surface area contributed by atoms with Gasteiger partial charge < -0.3 is 14.7 Å². The molecule has 1 aromatic rings. The maximum atomic E-state index is 10.7. The number of methoxy groups -OCH3 is 1. The molecule has 6 heteroatoms. The maximum absolute atomic E-state index is 10.7. The molecule has 0 unspecified atom stereocenters. The Morgan fingerprint density at radius 1 is 1.56 bits per heavy atom. The molecule has 0 spiro atoms. The van der Waals surface area contributed by atoms with Crippen LogP contribution in [0.15, 0.2) is 6.07 Å². The Morgan fingerprint density at radius 3 is 2.81 bits per heavy atom. The maximum Gasteiger partial charge on any atom is 0.310 e. The van der Waals surface area contributed by atoms with Gasteiger partial charge in [0.25, 0.3) is 0 Å². The molecule has 0 bridgehead atoms. The zero-order valence-electron chi connectivity index (χ0n) is 9.17. The van der Waals surface area contributed by atoms with Crippen LogP contribution in [0.3, 0.4) is 0 Å². The van der Waals surface area contributed by atoms with E-state index in [1.807, 2.05) is 11.8 Å². The second-order valence-electron chi connectivity index (χ2n) is 3.79. The molecule has 1 fully saturated rings. The van der Waals surface area contributed by atoms with Gasteiger partial charge in [-0.25, -0.2) is 4.98 Å². The smallest absolute Gasteiger partial charge is 0.310 e. The van der Waals surface area contributed by atoms with Gasteiger partial charge in [0.1, 0.15) is 0 Å². The predicted molar refractivity (Wildman–Crippen MR) is 56.7 cm³/mol. The van der Waals surface area contributed by atoms with Gasteiger partial charge in [0.05, 0.1) is 13.0 Å². The highest BCUT2D eigenvalue weighted by molar-refractivity contribution is 5.73. The number of aromatic nitrogens is 2. The van der Waals surface area contributed by atoms with E-state index < -0.39 is 5.97 Å². The first-order valence-corrected chi connectivity index (χ1v) is 4.97. The molecule has 2 rings (SSSR count). The molecule has 0 aliphatic carbocycles. The fourth-order valence-electron chi connectivity index (χ4n) is 1.57. The van der Waals surface area contributed by atoms with Gasteiger partial charge in [0, 0.05) is 24.8 Å². The average Bonchev–Trinajstić information content (AvgIpc) is 2.13. The standard InChI is InChI=1S/C10H13N3O3/c1-6-3-8(16-2)12-10(11-6)13-4-7(5-13)9(14)15/h3,7H,4-5H2,1-2H3,(H,14,15). The molecule has 0 amide bonds. The summed E-state index contributed by atoms with van der Waals surface area (Å²) in [5.41, 5.74) is 0.806. The third kappa shape index (κ3) is 1.91. The monoisotopic (exact) mass is 223 g/mol. The van der Waals surface area contributed by atoms with E-state index in [-0.39, 0.29) is 5.92 Å². The molecule has 0 radical (unpaired) electrons. The Kier molecular flexibility index (Phi) is 2.64. The topological polar surface area (TPSA) is 75.5 Å². The van der Waals surface area contributed by atoms with Gasteiger partial charge in [-0.3, -0.25) is 4.79 Å². The van der Waals surface area contributed by atoms with Crippen LogP contribution < -0.4 is 9.64 Å². The van der Waals surface area contributed by atoms with Gasteiger partial charge in [-0.15, -0.1) is 0 Å². The van der Waals surface area contributed by atoms with Crippen molar-refractivity contribution < 1.29 is 14.6 Å². The van der Waals surface area contributed by atoms with E-state index in [9.17, 15) is 4.79 Å². The Bertz CT molecular complexity index is 416. The molecule has 1 N–H and O–H groups in total. The lowest BCUT2D eigenvalue weighted by Gasteiger charge is -2.36. The number of carbonyl (C=O) groups is 1. The normalized spacial score (nSPS) is 15.8. The van der Waals surface area contributed by atoms with E-state index >= 15 is 0 Å². The predicted octanol–water partition coefficient (Wildman–Crippen LogP) is 0.314. The first-order valence-electron chi connectivity index (χ1n) is 4.97. The molecule has 1 aliphatic heterocycles. The van der Waals surface area contributed by atoms with Crippen LogP contribution in [0.1, 0.15) is 5.69 Å². The van der Waals surface area contributed by atoms with Gasteiger partial charge >= 0.3 is 5.97 Å². The Hall–Kier alpha value is -1.85.